The second-order valence-corrected chi connectivity index (χ2v) is 10.1. The number of anilines is 2. The quantitative estimate of drug-likeness (QED) is 0.310. The van der Waals surface area contributed by atoms with E-state index in [9.17, 15) is 4.79 Å². The third-order valence-corrected chi connectivity index (χ3v) is 8.10. The second-order valence-electron chi connectivity index (χ2n) is 8.29. The fourth-order valence-corrected chi connectivity index (χ4v) is 5.94. The largest absolute Gasteiger partial charge is 0.397 e. The number of nitrogens with zero attached hydrogens (tertiary/aromatic N) is 1. The van der Waals surface area contributed by atoms with Gasteiger partial charge in [0, 0.05) is 11.1 Å². The first-order chi connectivity index (χ1) is 16.0. The molecule has 0 spiro atoms. The summed E-state index contributed by atoms with van der Waals surface area (Å²) < 4.78 is 0. The van der Waals surface area contributed by atoms with Crippen molar-refractivity contribution in [2.45, 2.75) is 38.5 Å². The number of aromatic nitrogens is 1. The minimum atomic E-state index is -0.296. The molecular formula is C26H23Cl2N3OS. The molecular weight excluding hydrogens is 473 g/mol. The Morgan fingerprint density at radius 1 is 1.00 bits per heavy atom. The first-order valence-electron chi connectivity index (χ1n) is 11.0. The molecule has 2 aromatic heterocycles. The van der Waals surface area contributed by atoms with Crippen molar-refractivity contribution < 1.29 is 4.79 Å². The van der Waals surface area contributed by atoms with Gasteiger partial charge in [0.1, 0.15) is 9.71 Å². The predicted octanol–water partition coefficient (Wildman–Crippen LogP) is 7.10. The van der Waals surface area contributed by atoms with Crippen molar-refractivity contribution in [3.8, 4) is 0 Å². The van der Waals surface area contributed by atoms with Crippen molar-refractivity contribution in [3.05, 3.63) is 85.8 Å². The minimum Gasteiger partial charge on any atom is -0.397 e. The van der Waals surface area contributed by atoms with Crippen LogP contribution in [0.4, 0.5) is 11.4 Å². The number of aryl methyl sites for hydroxylation is 3. The minimum absolute atomic E-state index is 0.296. The number of benzene rings is 2. The smallest absolute Gasteiger partial charge is 0.267 e. The van der Waals surface area contributed by atoms with Gasteiger partial charge in [-0.1, -0.05) is 59.6 Å². The Balaban J connectivity index is 1.52. The summed E-state index contributed by atoms with van der Waals surface area (Å²) >= 11 is 13.7. The van der Waals surface area contributed by atoms with Crippen molar-refractivity contribution in [3.63, 3.8) is 0 Å². The SMILES string of the molecule is Nc1c(C(=O)Nc2cccc(Cl)c2Cl)sc2nc(CCc3ccccc3)c3c(c12)CCCC3. The van der Waals surface area contributed by atoms with Gasteiger partial charge in [0.05, 0.1) is 21.4 Å². The Kier molecular flexibility index (Phi) is 6.28. The van der Waals surface area contributed by atoms with Gasteiger partial charge in [-0.2, -0.15) is 0 Å². The lowest BCUT2D eigenvalue weighted by atomic mass is 9.87. The predicted molar refractivity (Wildman–Crippen MR) is 139 cm³/mol. The van der Waals surface area contributed by atoms with Gasteiger partial charge < -0.3 is 11.1 Å². The summed E-state index contributed by atoms with van der Waals surface area (Å²) in [5.41, 5.74) is 12.5. The summed E-state index contributed by atoms with van der Waals surface area (Å²) in [6.07, 6.45) is 6.07. The molecule has 2 aromatic carbocycles. The van der Waals surface area contributed by atoms with Crippen LogP contribution in [0.1, 0.15) is 44.9 Å². The van der Waals surface area contributed by atoms with Crippen LogP contribution >= 0.6 is 34.5 Å². The molecule has 5 rings (SSSR count). The van der Waals surface area contributed by atoms with E-state index in [1.54, 1.807) is 18.2 Å². The molecule has 168 valence electrons. The van der Waals surface area contributed by atoms with Gasteiger partial charge >= 0.3 is 0 Å². The van der Waals surface area contributed by atoms with Crippen LogP contribution in [0.15, 0.2) is 48.5 Å². The van der Waals surface area contributed by atoms with E-state index in [4.69, 9.17) is 33.9 Å². The molecule has 0 aliphatic heterocycles. The maximum atomic E-state index is 13.1. The Morgan fingerprint density at radius 3 is 2.55 bits per heavy atom. The Hall–Kier alpha value is -2.60. The van der Waals surface area contributed by atoms with E-state index in [0.29, 0.717) is 26.3 Å². The van der Waals surface area contributed by atoms with Crippen LogP contribution in [0, 0.1) is 0 Å². The number of rotatable bonds is 5. The number of nitrogen functional groups attached to an aromatic ring is 1. The lowest BCUT2D eigenvalue weighted by Crippen LogP contribution is -2.13. The lowest BCUT2D eigenvalue weighted by Gasteiger charge is -2.20. The number of nitrogens with one attached hydrogen (secondary N) is 1. The number of pyridine rings is 1. The van der Waals surface area contributed by atoms with Crippen LogP contribution in [-0.2, 0) is 25.7 Å². The first kappa shape index (κ1) is 22.2. The summed E-state index contributed by atoms with van der Waals surface area (Å²) in [4.78, 5) is 19.4. The molecule has 0 unspecified atom stereocenters. The number of amides is 1. The maximum Gasteiger partial charge on any atom is 0.267 e. The standard InChI is InChI=1S/C26H23Cl2N3OS/c27-18-11-6-12-20(22(18)28)30-25(32)24-23(29)21-17-10-5-4-9-16(17)19(31-26(21)33-24)14-13-15-7-2-1-3-8-15/h1-3,6-8,11-12H,4-5,9-10,13-14,29H2,(H,30,32). The second kappa shape index (κ2) is 9.34. The maximum absolute atomic E-state index is 13.1. The van der Waals surface area contributed by atoms with Crippen LogP contribution in [0.2, 0.25) is 10.0 Å². The number of thiophene rings is 1. The summed E-state index contributed by atoms with van der Waals surface area (Å²) in [5.74, 6) is -0.296. The highest BCUT2D eigenvalue weighted by Crippen LogP contribution is 2.40. The fourth-order valence-electron chi connectivity index (χ4n) is 4.55. The highest BCUT2D eigenvalue weighted by Gasteiger charge is 2.25. The average Bonchev–Trinajstić information content (AvgIpc) is 3.17. The van der Waals surface area contributed by atoms with Gasteiger partial charge in [-0.15, -0.1) is 11.3 Å². The summed E-state index contributed by atoms with van der Waals surface area (Å²) in [6.45, 7) is 0. The summed E-state index contributed by atoms with van der Waals surface area (Å²) in [5, 5.41) is 4.50. The molecule has 0 atom stereocenters. The van der Waals surface area contributed by atoms with Gasteiger partial charge in [0.2, 0.25) is 0 Å². The highest BCUT2D eigenvalue weighted by molar-refractivity contribution is 7.21. The van der Waals surface area contributed by atoms with E-state index >= 15 is 0 Å². The molecule has 3 N–H and O–H groups in total. The molecule has 0 saturated carbocycles. The molecule has 4 nitrogen and oxygen atoms in total. The first-order valence-corrected chi connectivity index (χ1v) is 12.6. The average molecular weight is 496 g/mol. The third-order valence-electron chi connectivity index (χ3n) is 6.18. The zero-order valence-electron chi connectivity index (χ0n) is 18.0. The van der Waals surface area contributed by atoms with Crippen molar-refractivity contribution in [2.24, 2.45) is 0 Å². The molecule has 0 radical (unpaired) electrons. The van der Waals surface area contributed by atoms with E-state index in [1.165, 1.54) is 28.0 Å². The third kappa shape index (κ3) is 4.33. The Bertz CT molecular complexity index is 1350. The number of hydrogen-bond donors (Lipinski definition) is 2. The molecule has 0 fully saturated rings. The molecule has 1 aliphatic rings. The molecule has 1 aliphatic carbocycles. The van der Waals surface area contributed by atoms with Crippen molar-refractivity contribution in [2.75, 3.05) is 11.1 Å². The van der Waals surface area contributed by atoms with Crippen LogP contribution in [0.25, 0.3) is 10.2 Å². The molecule has 4 aromatic rings. The summed E-state index contributed by atoms with van der Waals surface area (Å²) in [7, 11) is 0. The highest BCUT2D eigenvalue weighted by atomic mass is 35.5. The molecule has 1 amide bonds. The topological polar surface area (TPSA) is 68.0 Å². The van der Waals surface area contributed by atoms with Crippen LogP contribution in [0.5, 0.6) is 0 Å². The van der Waals surface area contributed by atoms with Crippen LogP contribution in [0.3, 0.4) is 0 Å². The van der Waals surface area contributed by atoms with Gasteiger partial charge in [-0.3, -0.25) is 4.79 Å². The molecule has 33 heavy (non-hydrogen) atoms. The van der Waals surface area contributed by atoms with Gasteiger partial charge in [-0.05, 0) is 67.3 Å². The number of nitrogens with two attached hydrogens (primary N) is 1. The number of fused-ring (bicyclic) bond motifs is 3. The van der Waals surface area contributed by atoms with Gasteiger partial charge in [-0.25, -0.2) is 4.98 Å². The normalized spacial score (nSPS) is 13.2. The zero-order valence-corrected chi connectivity index (χ0v) is 20.3. The fraction of sp³-hybridized carbons (Fsp3) is 0.231. The lowest BCUT2D eigenvalue weighted by molar-refractivity contribution is 0.103. The van der Waals surface area contributed by atoms with Crippen molar-refractivity contribution >= 4 is 62.0 Å². The summed E-state index contributed by atoms with van der Waals surface area (Å²) in [6, 6.07) is 15.6. The van der Waals surface area contributed by atoms with Gasteiger partial charge in [0.15, 0.2) is 0 Å². The number of halogens is 2. The van der Waals surface area contributed by atoms with Crippen molar-refractivity contribution in [1.82, 2.24) is 4.98 Å². The number of carbonyl (C=O) groups is 1. The van der Waals surface area contributed by atoms with E-state index in [-0.39, 0.29) is 5.91 Å². The Morgan fingerprint density at radius 2 is 1.76 bits per heavy atom. The van der Waals surface area contributed by atoms with E-state index in [0.717, 1.165) is 54.4 Å². The van der Waals surface area contributed by atoms with Crippen LogP contribution < -0.4 is 11.1 Å². The van der Waals surface area contributed by atoms with E-state index < -0.39 is 0 Å². The molecule has 2 heterocycles. The van der Waals surface area contributed by atoms with Crippen molar-refractivity contribution in [1.29, 1.82) is 0 Å². The van der Waals surface area contributed by atoms with Crippen LogP contribution in [-0.4, -0.2) is 10.9 Å². The molecule has 0 bridgehead atoms. The molecule has 7 heteroatoms. The zero-order chi connectivity index (χ0) is 22.9. The van der Waals surface area contributed by atoms with E-state index in [1.807, 2.05) is 6.07 Å². The van der Waals surface area contributed by atoms with E-state index in [2.05, 4.69) is 29.6 Å². The number of hydrogen-bond acceptors (Lipinski definition) is 4. The Labute approximate surface area is 206 Å². The number of carbonyl (C=O) groups excluding carboxylic acids is 1. The molecule has 0 saturated heterocycles. The van der Waals surface area contributed by atoms with Gasteiger partial charge in [0.25, 0.3) is 5.91 Å². The monoisotopic (exact) mass is 495 g/mol.